The van der Waals surface area contributed by atoms with Crippen LogP contribution >= 0.6 is 17.2 Å². The summed E-state index contributed by atoms with van der Waals surface area (Å²) in [4.78, 5) is 0. The van der Waals surface area contributed by atoms with E-state index >= 15 is 0 Å². The van der Waals surface area contributed by atoms with E-state index in [1.807, 2.05) is 0 Å². The van der Waals surface area contributed by atoms with Gasteiger partial charge in [0.05, 0.1) is 0 Å². The third kappa shape index (κ3) is 16.4. The molecule has 0 aliphatic heterocycles. The van der Waals surface area contributed by atoms with Gasteiger partial charge in [0.15, 0.2) is 0 Å². The Kier molecular flexibility index (Phi) is 20.8. The quantitative estimate of drug-likeness (QED) is 0.0987. The van der Waals surface area contributed by atoms with E-state index in [1.165, 1.54) is 153 Å². The van der Waals surface area contributed by atoms with Crippen LogP contribution in [0, 0.1) is 0 Å². The number of rotatable bonds is 24. The molecule has 0 spiro atoms. The summed E-state index contributed by atoms with van der Waals surface area (Å²) >= 11 is 7.17. The second kappa shape index (κ2) is 20.3. The molecule has 0 aliphatic carbocycles. The van der Waals surface area contributed by atoms with Crippen molar-refractivity contribution in [3.8, 4) is 0 Å². The van der Waals surface area contributed by atoms with Crippen LogP contribution in [0.25, 0.3) is 0 Å². The van der Waals surface area contributed by atoms with Gasteiger partial charge in [-0.3, -0.25) is 0 Å². The van der Waals surface area contributed by atoms with Gasteiger partial charge in [-0.2, -0.15) is 0 Å². The van der Waals surface area contributed by atoms with Gasteiger partial charge in [0.1, 0.15) is 0 Å². The second-order valence-corrected chi connectivity index (χ2v) is 19.1. The molecule has 184 valence electrons. The summed E-state index contributed by atoms with van der Waals surface area (Å²) in [7, 11) is 0. The molecule has 0 aromatic heterocycles. The van der Waals surface area contributed by atoms with Crippen LogP contribution in [0.15, 0.2) is 0 Å². The predicted molar refractivity (Wildman–Crippen MR) is 147 cm³/mol. The average molecular weight is 463 g/mol. The minimum absolute atomic E-state index is 1.24. The standard InChI is InChI=1S/C28H60ClP/c1-5-9-10-11-12-13-14-15-16-17-18-19-20-21-22-23-24-25-26-27-28-30(29,6-2,7-3)8-4/h5-28H2,1-4H3. The molecule has 0 rings (SSSR count). The van der Waals surface area contributed by atoms with Crippen LogP contribution in [0.1, 0.15) is 156 Å². The van der Waals surface area contributed by atoms with Crippen molar-refractivity contribution in [1.29, 1.82) is 0 Å². The summed E-state index contributed by atoms with van der Waals surface area (Å²) in [5, 5.41) is 0. The second-order valence-electron chi connectivity index (χ2n) is 10.2. The van der Waals surface area contributed by atoms with E-state index in [2.05, 4.69) is 27.7 Å². The van der Waals surface area contributed by atoms with Crippen molar-refractivity contribution in [1.82, 2.24) is 0 Å². The Labute approximate surface area is 197 Å². The minimum atomic E-state index is -1.83. The summed E-state index contributed by atoms with van der Waals surface area (Å²) < 4.78 is 0. The van der Waals surface area contributed by atoms with Crippen molar-refractivity contribution in [2.75, 3.05) is 24.6 Å². The first kappa shape index (κ1) is 30.7. The van der Waals surface area contributed by atoms with E-state index in [4.69, 9.17) is 11.2 Å². The molecule has 0 aromatic carbocycles. The molecule has 0 aliphatic rings. The molecule has 0 radical (unpaired) electrons. The Hall–Kier alpha value is 0.720. The molecular weight excluding hydrogens is 403 g/mol. The molecule has 0 saturated heterocycles. The molecule has 0 heterocycles. The molecule has 0 N–H and O–H groups in total. The van der Waals surface area contributed by atoms with E-state index in [1.54, 1.807) is 0 Å². The van der Waals surface area contributed by atoms with Crippen molar-refractivity contribution in [2.24, 2.45) is 0 Å². The third-order valence-corrected chi connectivity index (χ3v) is 16.8. The van der Waals surface area contributed by atoms with Crippen LogP contribution < -0.4 is 0 Å². The van der Waals surface area contributed by atoms with E-state index in [0.29, 0.717) is 0 Å². The Morgan fingerprint density at radius 1 is 0.367 bits per heavy atom. The van der Waals surface area contributed by atoms with Crippen molar-refractivity contribution in [3.63, 3.8) is 0 Å². The molecule has 0 saturated carbocycles. The van der Waals surface area contributed by atoms with Gasteiger partial charge in [-0.05, 0) is 0 Å². The van der Waals surface area contributed by atoms with Gasteiger partial charge < -0.3 is 0 Å². The van der Waals surface area contributed by atoms with Crippen molar-refractivity contribution in [3.05, 3.63) is 0 Å². The first-order chi connectivity index (χ1) is 14.5. The Morgan fingerprint density at radius 3 is 0.833 bits per heavy atom. The van der Waals surface area contributed by atoms with Gasteiger partial charge in [-0.15, -0.1) is 0 Å². The summed E-state index contributed by atoms with van der Waals surface area (Å²) in [5.74, 6) is -1.83. The van der Waals surface area contributed by atoms with Crippen LogP contribution in [0.2, 0.25) is 0 Å². The first-order valence-corrected chi connectivity index (χ1v) is 18.1. The van der Waals surface area contributed by atoms with Gasteiger partial charge in [-0.25, -0.2) is 0 Å². The Bertz CT molecular complexity index is 340. The summed E-state index contributed by atoms with van der Waals surface area (Å²) in [6.07, 6.45) is 34.1. The van der Waals surface area contributed by atoms with E-state index in [0.717, 1.165) is 0 Å². The zero-order chi connectivity index (χ0) is 22.4. The van der Waals surface area contributed by atoms with Crippen molar-refractivity contribution in [2.45, 2.75) is 156 Å². The zero-order valence-corrected chi connectivity index (χ0v) is 23.4. The number of hydrogen-bond donors (Lipinski definition) is 0. The van der Waals surface area contributed by atoms with Crippen LogP contribution in [0.4, 0.5) is 0 Å². The van der Waals surface area contributed by atoms with Crippen molar-refractivity contribution < 1.29 is 0 Å². The number of unbranched alkanes of at least 4 members (excludes halogenated alkanes) is 19. The van der Waals surface area contributed by atoms with Gasteiger partial charge in [0.25, 0.3) is 0 Å². The molecule has 0 aromatic rings. The number of hydrogen-bond acceptors (Lipinski definition) is 0. The topological polar surface area (TPSA) is 0 Å². The van der Waals surface area contributed by atoms with Crippen LogP contribution in [0.5, 0.6) is 0 Å². The van der Waals surface area contributed by atoms with Crippen LogP contribution in [0.3, 0.4) is 0 Å². The Morgan fingerprint density at radius 2 is 0.600 bits per heavy atom. The fourth-order valence-electron chi connectivity index (χ4n) is 4.91. The predicted octanol–water partition coefficient (Wildman–Crippen LogP) is 11.6. The van der Waals surface area contributed by atoms with Gasteiger partial charge >= 0.3 is 133 Å². The monoisotopic (exact) mass is 462 g/mol. The molecule has 0 nitrogen and oxygen atoms in total. The molecular formula is C28H60ClP. The molecule has 0 atom stereocenters. The van der Waals surface area contributed by atoms with Crippen LogP contribution in [-0.4, -0.2) is 24.6 Å². The van der Waals surface area contributed by atoms with Crippen LogP contribution in [-0.2, 0) is 0 Å². The number of halogens is 1. The molecule has 2 heteroatoms. The SMILES string of the molecule is CCCCCCCCCCCCCCCCCCCCCCP(Cl)(CC)(CC)CC. The average Bonchev–Trinajstić information content (AvgIpc) is 2.78. The van der Waals surface area contributed by atoms with E-state index in [9.17, 15) is 0 Å². The molecule has 0 bridgehead atoms. The van der Waals surface area contributed by atoms with Gasteiger partial charge in [0.2, 0.25) is 0 Å². The molecule has 30 heavy (non-hydrogen) atoms. The summed E-state index contributed by atoms with van der Waals surface area (Å²) in [5.41, 5.74) is 0. The normalized spacial score (nSPS) is 13.4. The van der Waals surface area contributed by atoms with E-state index in [-0.39, 0.29) is 0 Å². The summed E-state index contributed by atoms with van der Waals surface area (Å²) in [6, 6.07) is 0. The maximum absolute atomic E-state index is 7.17. The fourth-order valence-corrected chi connectivity index (χ4v) is 8.57. The summed E-state index contributed by atoms with van der Waals surface area (Å²) in [6.45, 7) is 9.28. The zero-order valence-electron chi connectivity index (χ0n) is 21.8. The molecule has 0 unspecified atom stereocenters. The molecule has 0 fully saturated rings. The van der Waals surface area contributed by atoms with Crippen molar-refractivity contribution >= 4 is 17.2 Å². The first-order valence-electron chi connectivity index (χ1n) is 14.3. The third-order valence-electron chi connectivity index (χ3n) is 7.94. The fraction of sp³-hybridized carbons (Fsp3) is 1.00. The maximum atomic E-state index is 7.17. The molecule has 0 amide bonds. The van der Waals surface area contributed by atoms with Gasteiger partial charge in [-0.1, -0.05) is 64.7 Å². The van der Waals surface area contributed by atoms with E-state index < -0.39 is 5.96 Å². The Balaban J connectivity index is 3.27. The van der Waals surface area contributed by atoms with Gasteiger partial charge in [0, 0.05) is 0 Å².